The highest BCUT2D eigenvalue weighted by atomic mass is 16.2. The second-order valence-corrected chi connectivity index (χ2v) is 4.58. The Balaban J connectivity index is 4.56. The maximum Gasteiger partial charge on any atom is 0.244 e. The fourth-order valence-electron chi connectivity index (χ4n) is 1.47. The van der Waals surface area contributed by atoms with Crippen molar-refractivity contribution in [1.82, 2.24) is 10.6 Å². The zero-order valence-electron chi connectivity index (χ0n) is 11.0. The van der Waals surface area contributed by atoms with E-state index in [9.17, 15) is 14.4 Å². The van der Waals surface area contributed by atoms with Crippen molar-refractivity contribution >= 4 is 17.7 Å². The van der Waals surface area contributed by atoms with Gasteiger partial charge in [0, 0.05) is 13.5 Å². The molecule has 104 valence electrons. The molecule has 6 N–H and O–H groups in total. The van der Waals surface area contributed by atoms with E-state index in [0.29, 0.717) is 6.42 Å². The third-order valence-electron chi connectivity index (χ3n) is 2.30. The third kappa shape index (κ3) is 6.19. The summed E-state index contributed by atoms with van der Waals surface area (Å²) >= 11 is 0. The Morgan fingerprint density at radius 1 is 1.11 bits per heavy atom. The Morgan fingerprint density at radius 3 is 2.00 bits per heavy atom. The van der Waals surface area contributed by atoms with Crippen LogP contribution < -0.4 is 22.1 Å². The maximum atomic E-state index is 11.8. The molecule has 0 aliphatic carbocycles. The number of hydrogen-bond donors (Lipinski definition) is 4. The van der Waals surface area contributed by atoms with E-state index in [2.05, 4.69) is 10.6 Å². The molecule has 0 saturated carbocycles. The zero-order valence-corrected chi connectivity index (χ0v) is 11.0. The summed E-state index contributed by atoms with van der Waals surface area (Å²) in [6.45, 7) is 5.07. The normalized spacial score (nSPS) is 13.8. The maximum absolute atomic E-state index is 11.8. The van der Waals surface area contributed by atoms with E-state index >= 15 is 0 Å². The number of hydrogen-bond acceptors (Lipinski definition) is 4. The van der Waals surface area contributed by atoms with Crippen LogP contribution in [0.2, 0.25) is 0 Å². The van der Waals surface area contributed by atoms with E-state index in [1.54, 1.807) is 0 Å². The number of primary amides is 1. The molecule has 0 saturated heterocycles. The van der Waals surface area contributed by atoms with Crippen molar-refractivity contribution < 1.29 is 14.4 Å². The van der Waals surface area contributed by atoms with Crippen molar-refractivity contribution in [3.05, 3.63) is 0 Å². The second-order valence-electron chi connectivity index (χ2n) is 4.58. The molecule has 3 amide bonds. The summed E-state index contributed by atoms with van der Waals surface area (Å²) in [7, 11) is 0. The first-order valence-electron chi connectivity index (χ1n) is 5.84. The first-order chi connectivity index (χ1) is 8.27. The van der Waals surface area contributed by atoms with Crippen LogP contribution in [0, 0.1) is 5.92 Å². The molecule has 0 heterocycles. The highest BCUT2D eigenvalue weighted by Gasteiger charge is 2.24. The average Bonchev–Trinajstić information content (AvgIpc) is 2.23. The van der Waals surface area contributed by atoms with Gasteiger partial charge >= 0.3 is 0 Å². The van der Waals surface area contributed by atoms with Gasteiger partial charge in [0.25, 0.3) is 0 Å². The standard InChI is InChI=1S/C11H22N4O3/c1-6(2)4-8(10(13)17)15-11(18)9(5-12)14-7(3)16/h6,8-9H,4-5,12H2,1-3H3,(H2,13,17)(H,14,16)(H,15,18)/t8?,9-/m0/s1. The molecule has 0 bridgehead atoms. The minimum Gasteiger partial charge on any atom is -0.368 e. The van der Waals surface area contributed by atoms with Crippen molar-refractivity contribution in [2.24, 2.45) is 17.4 Å². The summed E-state index contributed by atoms with van der Waals surface area (Å²) in [6.07, 6.45) is 0.443. The Labute approximate surface area is 107 Å². The molecule has 2 atom stereocenters. The number of amides is 3. The predicted octanol–water partition coefficient (Wildman–Crippen LogP) is -1.53. The van der Waals surface area contributed by atoms with E-state index in [1.807, 2.05) is 13.8 Å². The molecule has 0 aromatic heterocycles. The van der Waals surface area contributed by atoms with Crippen molar-refractivity contribution in [2.75, 3.05) is 6.54 Å². The largest absolute Gasteiger partial charge is 0.368 e. The molecule has 1 unspecified atom stereocenters. The van der Waals surface area contributed by atoms with Gasteiger partial charge in [-0.1, -0.05) is 13.8 Å². The van der Waals surface area contributed by atoms with Crippen LogP contribution in [0.5, 0.6) is 0 Å². The van der Waals surface area contributed by atoms with Crippen LogP contribution in [-0.4, -0.2) is 36.3 Å². The van der Waals surface area contributed by atoms with Gasteiger partial charge in [-0.3, -0.25) is 14.4 Å². The Hall–Kier alpha value is -1.63. The fraction of sp³-hybridized carbons (Fsp3) is 0.727. The molecule has 0 aromatic carbocycles. The monoisotopic (exact) mass is 258 g/mol. The molecule has 0 spiro atoms. The number of rotatable bonds is 7. The summed E-state index contributed by atoms with van der Waals surface area (Å²) in [4.78, 5) is 33.9. The van der Waals surface area contributed by atoms with Gasteiger partial charge in [0.2, 0.25) is 17.7 Å². The topological polar surface area (TPSA) is 127 Å². The number of carbonyl (C=O) groups is 3. The summed E-state index contributed by atoms with van der Waals surface area (Å²) in [5.74, 6) is -1.26. The van der Waals surface area contributed by atoms with E-state index in [1.165, 1.54) is 6.92 Å². The van der Waals surface area contributed by atoms with Gasteiger partial charge < -0.3 is 22.1 Å². The van der Waals surface area contributed by atoms with Crippen molar-refractivity contribution in [3.8, 4) is 0 Å². The lowest BCUT2D eigenvalue weighted by Gasteiger charge is -2.21. The Kier molecular flexibility index (Phi) is 6.96. The minimum absolute atomic E-state index is 0.0431. The predicted molar refractivity (Wildman–Crippen MR) is 67.2 cm³/mol. The average molecular weight is 258 g/mol. The van der Waals surface area contributed by atoms with E-state index in [0.717, 1.165) is 0 Å². The lowest BCUT2D eigenvalue weighted by Crippen LogP contribution is -2.55. The van der Waals surface area contributed by atoms with Crippen LogP contribution in [0.15, 0.2) is 0 Å². The van der Waals surface area contributed by atoms with Crippen LogP contribution in [0.4, 0.5) is 0 Å². The van der Waals surface area contributed by atoms with Crippen molar-refractivity contribution in [2.45, 2.75) is 39.3 Å². The van der Waals surface area contributed by atoms with Gasteiger partial charge in [0.05, 0.1) is 0 Å². The Morgan fingerprint density at radius 2 is 1.67 bits per heavy atom. The molecule has 18 heavy (non-hydrogen) atoms. The SMILES string of the molecule is CC(=O)N[C@@H](CN)C(=O)NC(CC(C)C)C(N)=O. The quantitative estimate of drug-likeness (QED) is 0.441. The summed E-state index contributed by atoms with van der Waals surface area (Å²) in [6, 6.07) is -1.60. The lowest BCUT2D eigenvalue weighted by atomic mass is 10.0. The molecule has 0 rings (SSSR count). The number of nitrogens with one attached hydrogen (secondary N) is 2. The number of carbonyl (C=O) groups excluding carboxylic acids is 3. The molecule has 0 aliphatic rings. The third-order valence-corrected chi connectivity index (χ3v) is 2.30. The molecule has 0 aromatic rings. The van der Waals surface area contributed by atoms with Crippen LogP contribution in [-0.2, 0) is 14.4 Å². The highest BCUT2D eigenvalue weighted by Crippen LogP contribution is 2.04. The molecule has 7 nitrogen and oxygen atoms in total. The van der Waals surface area contributed by atoms with Gasteiger partial charge in [-0.05, 0) is 12.3 Å². The molecule has 7 heteroatoms. The van der Waals surface area contributed by atoms with Crippen molar-refractivity contribution in [3.63, 3.8) is 0 Å². The van der Waals surface area contributed by atoms with E-state index in [4.69, 9.17) is 11.5 Å². The van der Waals surface area contributed by atoms with Gasteiger partial charge in [-0.2, -0.15) is 0 Å². The molecular weight excluding hydrogens is 236 g/mol. The summed E-state index contributed by atoms with van der Waals surface area (Å²) in [5, 5.41) is 4.89. The van der Waals surface area contributed by atoms with Crippen LogP contribution >= 0.6 is 0 Å². The Bertz CT molecular complexity index is 317. The van der Waals surface area contributed by atoms with E-state index in [-0.39, 0.29) is 18.4 Å². The number of nitrogens with two attached hydrogens (primary N) is 2. The van der Waals surface area contributed by atoms with Gasteiger partial charge in [0.1, 0.15) is 12.1 Å². The summed E-state index contributed by atoms with van der Waals surface area (Å²) < 4.78 is 0. The molecule has 0 fully saturated rings. The first-order valence-corrected chi connectivity index (χ1v) is 5.84. The summed E-state index contributed by atoms with van der Waals surface area (Å²) in [5.41, 5.74) is 10.6. The first kappa shape index (κ1) is 16.4. The highest BCUT2D eigenvalue weighted by molar-refractivity contribution is 5.91. The van der Waals surface area contributed by atoms with Gasteiger partial charge in [-0.25, -0.2) is 0 Å². The van der Waals surface area contributed by atoms with Crippen LogP contribution in [0.25, 0.3) is 0 Å². The minimum atomic E-state index is -0.850. The van der Waals surface area contributed by atoms with Crippen LogP contribution in [0.1, 0.15) is 27.2 Å². The van der Waals surface area contributed by atoms with Gasteiger partial charge in [-0.15, -0.1) is 0 Å². The molecular formula is C11H22N4O3. The van der Waals surface area contributed by atoms with E-state index < -0.39 is 23.9 Å². The van der Waals surface area contributed by atoms with Crippen LogP contribution in [0.3, 0.4) is 0 Å². The lowest BCUT2D eigenvalue weighted by molar-refractivity contribution is -0.130. The fourth-order valence-corrected chi connectivity index (χ4v) is 1.47. The van der Waals surface area contributed by atoms with Crippen molar-refractivity contribution in [1.29, 1.82) is 0 Å². The molecule has 0 aliphatic heterocycles. The smallest absolute Gasteiger partial charge is 0.244 e. The molecule has 0 radical (unpaired) electrons. The second kappa shape index (κ2) is 7.65. The zero-order chi connectivity index (χ0) is 14.3. The van der Waals surface area contributed by atoms with Gasteiger partial charge in [0.15, 0.2) is 0 Å².